The van der Waals surface area contributed by atoms with Crippen LogP contribution in [0, 0.1) is 5.92 Å². The molecule has 2 aliphatic heterocycles. The first-order valence-corrected chi connectivity index (χ1v) is 10.4. The Morgan fingerprint density at radius 2 is 1.88 bits per heavy atom. The van der Waals surface area contributed by atoms with Gasteiger partial charge in [0.15, 0.2) is 5.11 Å². The third kappa shape index (κ3) is 4.73. The zero-order valence-electron chi connectivity index (χ0n) is 15.9. The molecule has 1 aromatic rings. The second kappa shape index (κ2) is 8.50. The van der Waals surface area contributed by atoms with Crippen LogP contribution in [0.4, 0.5) is 5.69 Å². The summed E-state index contributed by atoms with van der Waals surface area (Å²) in [6.45, 7) is 8.10. The summed E-state index contributed by atoms with van der Waals surface area (Å²) in [6.07, 6.45) is 7.55. The van der Waals surface area contributed by atoms with E-state index in [1.165, 1.54) is 44.2 Å². The Balaban J connectivity index is 1.58. The van der Waals surface area contributed by atoms with Gasteiger partial charge in [-0.3, -0.25) is 4.90 Å². The lowest BCUT2D eigenvalue weighted by Gasteiger charge is -2.49. The minimum atomic E-state index is 0.507. The monoisotopic (exact) mass is 359 g/mol. The van der Waals surface area contributed by atoms with Gasteiger partial charge < -0.3 is 10.6 Å². The van der Waals surface area contributed by atoms with Crippen molar-refractivity contribution < 1.29 is 0 Å². The van der Waals surface area contributed by atoms with Crippen LogP contribution in [0.25, 0.3) is 0 Å². The van der Waals surface area contributed by atoms with Gasteiger partial charge in [-0.25, -0.2) is 0 Å². The molecule has 0 unspecified atom stereocenters. The van der Waals surface area contributed by atoms with E-state index in [-0.39, 0.29) is 0 Å². The van der Waals surface area contributed by atoms with Crippen molar-refractivity contribution in [3.8, 4) is 0 Å². The number of hydrogen-bond donors (Lipinski definition) is 2. The Kier molecular flexibility index (Phi) is 6.34. The number of piperidine rings is 2. The molecule has 0 saturated carbocycles. The van der Waals surface area contributed by atoms with Gasteiger partial charge in [-0.15, -0.1) is 0 Å². The number of nitrogens with zero attached hydrogens (tertiary/aromatic N) is 1. The van der Waals surface area contributed by atoms with Gasteiger partial charge in [0, 0.05) is 30.4 Å². The molecule has 2 bridgehead atoms. The SMILES string of the molecule is CCc1ccccc1NC(=S)NC1C[C@@H]2CCC[C@@H](C1)N2CC(C)C. The fourth-order valence-corrected chi connectivity index (χ4v) is 4.89. The minimum Gasteiger partial charge on any atom is -0.360 e. The van der Waals surface area contributed by atoms with Gasteiger partial charge >= 0.3 is 0 Å². The van der Waals surface area contributed by atoms with E-state index in [0.29, 0.717) is 6.04 Å². The molecular weight excluding hydrogens is 326 g/mol. The molecule has 0 spiro atoms. The summed E-state index contributed by atoms with van der Waals surface area (Å²) in [7, 11) is 0. The molecule has 138 valence electrons. The van der Waals surface area contributed by atoms with Gasteiger partial charge in [-0.1, -0.05) is 45.4 Å². The van der Waals surface area contributed by atoms with Crippen molar-refractivity contribution in [2.75, 3.05) is 11.9 Å². The van der Waals surface area contributed by atoms with Gasteiger partial charge in [0.25, 0.3) is 0 Å². The number of rotatable bonds is 5. The fourth-order valence-electron chi connectivity index (χ4n) is 4.61. The summed E-state index contributed by atoms with van der Waals surface area (Å²) in [5, 5.41) is 7.82. The highest BCUT2D eigenvalue weighted by molar-refractivity contribution is 7.80. The number of fused-ring (bicyclic) bond motifs is 2. The van der Waals surface area contributed by atoms with E-state index in [1.54, 1.807) is 0 Å². The first kappa shape index (κ1) is 18.7. The minimum absolute atomic E-state index is 0.507. The summed E-state index contributed by atoms with van der Waals surface area (Å²) in [5.74, 6) is 0.751. The Hall–Kier alpha value is -1.13. The van der Waals surface area contributed by atoms with Crippen LogP contribution in [-0.2, 0) is 6.42 Å². The van der Waals surface area contributed by atoms with Gasteiger partial charge in [-0.2, -0.15) is 0 Å². The van der Waals surface area contributed by atoms with Crippen molar-refractivity contribution in [2.24, 2.45) is 5.92 Å². The Bertz CT molecular complexity index is 572. The Labute approximate surface area is 158 Å². The zero-order chi connectivity index (χ0) is 17.8. The van der Waals surface area contributed by atoms with E-state index in [0.717, 1.165) is 35.2 Å². The highest BCUT2D eigenvalue weighted by Gasteiger charge is 2.38. The summed E-state index contributed by atoms with van der Waals surface area (Å²) < 4.78 is 0. The van der Waals surface area contributed by atoms with E-state index >= 15 is 0 Å². The lowest BCUT2D eigenvalue weighted by atomic mass is 9.81. The molecule has 25 heavy (non-hydrogen) atoms. The molecule has 0 radical (unpaired) electrons. The highest BCUT2D eigenvalue weighted by Crippen LogP contribution is 2.34. The van der Waals surface area contributed by atoms with Crippen LogP contribution in [0.2, 0.25) is 0 Å². The average Bonchev–Trinajstić information content (AvgIpc) is 2.55. The summed E-state index contributed by atoms with van der Waals surface area (Å²) in [6, 6.07) is 10.4. The zero-order valence-corrected chi connectivity index (χ0v) is 16.7. The first-order chi connectivity index (χ1) is 12.1. The molecule has 2 N–H and O–H groups in total. The van der Waals surface area contributed by atoms with Crippen molar-refractivity contribution >= 4 is 23.0 Å². The summed E-state index contributed by atoms with van der Waals surface area (Å²) in [5.41, 5.74) is 2.45. The molecule has 0 aromatic heterocycles. The van der Waals surface area contributed by atoms with Crippen LogP contribution >= 0.6 is 12.2 Å². The molecule has 2 fully saturated rings. The van der Waals surface area contributed by atoms with Crippen molar-refractivity contribution in [2.45, 2.75) is 77.4 Å². The maximum Gasteiger partial charge on any atom is 0.171 e. The molecule has 2 saturated heterocycles. The van der Waals surface area contributed by atoms with Crippen LogP contribution in [0.5, 0.6) is 0 Å². The molecule has 2 heterocycles. The number of aryl methyl sites for hydroxylation is 1. The molecular formula is C21H33N3S. The van der Waals surface area contributed by atoms with Gasteiger partial charge in [0.1, 0.15) is 0 Å². The molecule has 1 aromatic carbocycles. The van der Waals surface area contributed by atoms with Crippen LogP contribution in [0.3, 0.4) is 0 Å². The maximum atomic E-state index is 5.62. The van der Waals surface area contributed by atoms with Crippen molar-refractivity contribution in [1.82, 2.24) is 10.2 Å². The van der Waals surface area contributed by atoms with E-state index < -0.39 is 0 Å². The van der Waals surface area contributed by atoms with Crippen molar-refractivity contribution in [1.29, 1.82) is 0 Å². The summed E-state index contributed by atoms with van der Waals surface area (Å²) in [4.78, 5) is 2.79. The Morgan fingerprint density at radius 1 is 1.20 bits per heavy atom. The van der Waals surface area contributed by atoms with E-state index in [9.17, 15) is 0 Å². The molecule has 0 amide bonds. The second-order valence-electron chi connectivity index (χ2n) is 8.11. The quantitative estimate of drug-likeness (QED) is 0.753. The van der Waals surface area contributed by atoms with Crippen molar-refractivity contribution in [3.63, 3.8) is 0 Å². The molecule has 4 heteroatoms. The standard InChI is InChI=1S/C21H33N3S/c1-4-16-8-5-6-11-20(16)23-21(25)22-17-12-18-9-7-10-19(13-17)24(18)14-15(2)3/h5-6,8,11,15,17-19H,4,7,9-10,12-14H2,1-3H3,(H2,22,23,25)/t18-,19-/m0/s1. The van der Waals surface area contributed by atoms with Crippen LogP contribution in [0.15, 0.2) is 24.3 Å². The number of thiocarbonyl (C=S) groups is 1. The second-order valence-corrected chi connectivity index (χ2v) is 8.51. The van der Waals surface area contributed by atoms with Gasteiger partial charge in [0.05, 0.1) is 0 Å². The molecule has 2 atom stereocenters. The molecule has 3 nitrogen and oxygen atoms in total. The lowest BCUT2D eigenvalue weighted by Crippen LogP contribution is -2.58. The number of anilines is 1. The molecule has 3 rings (SSSR count). The number of nitrogens with one attached hydrogen (secondary N) is 2. The third-order valence-electron chi connectivity index (χ3n) is 5.68. The van der Waals surface area contributed by atoms with Crippen LogP contribution in [0.1, 0.15) is 58.4 Å². The number of hydrogen-bond acceptors (Lipinski definition) is 2. The Morgan fingerprint density at radius 3 is 2.52 bits per heavy atom. The number of para-hydroxylation sites is 1. The van der Waals surface area contributed by atoms with Gasteiger partial charge in [0.2, 0.25) is 0 Å². The normalized spacial score (nSPS) is 26.5. The fraction of sp³-hybridized carbons (Fsp3) is 0.667. The number of benzene rings is 1. The van der Waals surface area contributed by atoms with Crippen LogP contribution < -0.4 is 10.6 Å². The molecule has 0 aliphatic carbocycles. The van der Waals surface area contributed by atoms with Gasteiger partial charge in [-0.05, 0) is 61.9 Å². The predicted octanol–water partition coefficient (Wildman–Crippen LogP) is 4.58. The molecule has 2 aliphatic rings. The van der Waals surface area contributed by atoms with Crippen LogP contribution in [-0.4, -0.2) is 34.7 Å². The average molecular weight is 360 g/mol. The third-order valence-corrected chi connectivity index (χ3v) is 5.90. The van der Waals surface area contributed by atoms with Crippen molar-refractivity contribution in [3.05, 3.63) is 29.8 Å². The smallest absolute Gasteiger partial charge is 0.171 e. The topological polar surface area (TPSA) is 27.3 Å². The largest absolute Gasteiger partial charge is 0.360 e. The van der Waals surface area contributed by atoms with E-state index in [4.69, 9.17) is 12.2 Å². The predicted molar refractivity (Wildman–Crippen MR) is 111 cm³/mol. The van der Waals surface area contributed by atoms with E-state index in [1.807, 2.05) is 0 Å². The lowest BCUT2D eigenvalue weighted by molar-refractivity contribution is 0.0191. The summed E-state index contributed by atoms with van der Waals surface area (Å²) >= 11 is 5.62. The highest BCUT2D eigenvalue weighted by atomic mass is 32.1. The van der Waals surface area contributed by atoms with E-state index in [2.05, 4.69) is 60.6 Å². The maximum absolute atomic E-state index is 5.62. The first-order valence-electron chi connectivity index (χ1n) is 9.98.